The maximum absolute atomic E-state index is 2.34. The Morgan fingerprint density at radius 2 is 1.93 bits per heavy atom. The Bertz CT molecular complexity index is 268. The van der Waals surface area contributed by atoms with Gasteiger partial charge in [0.05, 0.1) is 0 Å². The lowest BCUT2D eigenvalue weighted by molar-refractivity contribution is 0.433. The van der Waals surface area contributed by atoms with E-state index >= 15 is 0 Å². The van der Waals surface area contributed by atoms with Crippen molar-refractivity contribution in [3.8, 4) is 0 Å². The summed E-state index contributed by atoms with van der Waals surface area (Å²) in [5.41, 5.74) is 1.48. The van der Waals surface area contributed by atoms with E-state index in [1.807, 2.05) is 0 Å². The minimum absolute atomic E-state index is 0.628. The van der Waals surface area contributed by atoms with Gasteiger partial charge < -0.3 is 0 Å². The molecule has 0 radical (unpaired) electrons. The highest BCUT2D eigenvalue weighted by molar-refractivity contribution is 5.30. The van der Waals surface area contributed by atoms with E-state index in [4.69, 9.17) is 0 Å². The molecule has 1 aliphatic rings. The first-order chi connectivity index (χ1) is 7.19. The minimum Gasteiger partial charge on any atom is -0.0776 e. The minimum atomic E-state index is 0.628. The molecular formula is C15H24. The van der Waals surface area contributed by atoms with E-state index < -0.39 is 0 Å². The molecule has 0 N–H and O–H groups in total. The van der Waals surface area contributed by atoms with Crippen molar-refractivity contribution in [1.29, 1.82) is 0 Å². The largest absolute Gasteiger partial charge is 0.0776 e. The van der Waals surface area contributed by atoms with Gasteiger partial charge in [-0.2, -0.15) is 0 Å². The van der Waals surface area contributed by atoms with Crippen LogP contribution in [0.25, 0.3) is 0 Å². The fourth-order valence-electron chi connectivity index (χ4n) is 1.92. The summed E-state index contributed by atoms with van der Waals surface area (Å²) in [5.74, 6) is 2.07. The summed E-state index contributed by atoms with van der Waals surface area (Å²) in [5, 5.41) is 0. The highest BCUT2D eigenvalue weighted by Gasteiger charge is 2.13. The highest BCUT2D eigenvalue weighted by Crippen LogP contribution is 2.26. The number of hydrogen-bond acceptors (Lipinski definition) is 0. The first kappa shape index (κ1) is 12.3. The average molecular weight is 204 g/mol. The van der Waals surface area contributed by atoms with Crippen LogP contribution in [0.4, 0.5) is 0 Å². The second kappa shape index (κ2) is 5.95. The molecule has 84 valence electrons. The van der Waals surface area contributed by atoms with Crippen LogP contribution in [0.15, 0.2) is 36.0 Å². The van der Waals surface area contributed by atoms with Gasteiger partial charge in [-0.15, -0.1) is 0 Å². The molecule has 0 saturated heterocycles. The molecule has 1 aliphatic carbocycles. The second-order valence-corrected chi connectivity index (χ2v) is 4.66. The third-order valence-electron chi connectivity index (χ3n) is 3.68. The summed E-state index contributed by atoms with van der Waals surface area (Å²) >= 11 is 0. The molecule has 0 amide bonds. The molecule has 0 heterocycles. The number of hydrogen-bond donors (Lipinski definition) is 0. The zero-order chi connectivity index (χ0) is 11.3. The summed E-state index contributed by atoms with van der Waals surface area (Å²) in [7, 11) is 0. The Balaban J connectivity index is 2.72. The summed E-state index contributed by atoms with van der Waals surface area (Å²) in [6.45, 7) is 9.19. The van der Waals surface area contributed by atoms with Crippen molar-refractivity contribution in [2.75, 3.05) is 0 Å². The summed E-state index contributed by atoms with van der Waals surface area (Å²) in [6.07, 6.45) is 13.9. The predicted molar refractivity (Wildman–Crippen MR) is 68.8 cm³/mol. The van der Waals surface area contributed by atoms with E-state index in [-0.39, 0.29) is 0 Å². The molecule has 0 saturated carbocycles. The van der Waals surface area contributed by atoms with Crippen molar-refractivity contribution in [1.82, 2.24) is 0 Å². The maximum atomic E-state index is 2.34. The summed E-state index contributed by atoms with van der Waals surface area (Å²) in [6, 6.07) is 0. The molecule has 1 rings (SSSR count). The van der Waals surface area contributed by atoms with Gasteiger partial charge in [0.1, 0.15) is 0 Å². The number of allylic oxidation sites excluding steroid dienone is 6. The van der Waals surface area contributed by atoms with E-state index in [1.54, 1.807) is 0 Å². The predicted octanol–water partition coefficient (Wildman–Crippen LogP) is 4.75. The van der Waals surface area contributed by atoms with Crippen LogP contribution in [-0.2, 0) is 0 Å². The fraction of sp³-hybridized carbons (Fsp3) is 0.600. The number of rotatable bonds is 4. The molecule has 0 aromatic heterocycles. The smallest absolute Gasteiger partial charge is 0.00498 e. The van der Waals surface area contributed by atoms with Crippen molar-refractivity contribution in [3.05, 3.63) is 36.0 Å². The van der Waals surface area contributed by atoms with Crippen molar-refractivity contribution >= 4 is 0 Å². The molecule has 0 bridgehead atoms. The third kappa shape index (κ3) is 3.37. The Morgan fingerprint density at radius 3 is 2.53 bits per heavy atom. The summed E-state index contributed by atoms with van der Waals surface area (Å²) in [4.78, 5) is 0. The quantitative estimate of drug-likeness (QED) is 0.620. The fourth-order valence-corrected chi connectivity index (χ4v) is 1.92. The van der Waals surface area contributed by atoms with E-state index in [1.165, 1.54) is 18.4 Å². The van der Waals surface area contributed by atoms with Crippen molar-refractivity contribution in [3.63, 3.8) is 0 Å². The monoisotopic (exact) mass is 204 g/mol. The van der Waals surface area contributed by atoms with Gasteiger partial charge in [-0.1, -0.05) is 64.5 Å². The molecule has 3 unspecified atom stereocenters. The normalized spacial score (nSPS) is 24.5. The molecule has 0 aliphatic heterocycles. The van der Waals surface area contributed by atoms with E-state index in [9.17, 15) is 0 Å². The lowest BCUT2D eigenvalue weighted by atomic mass is 9.86. The van der Waals surface area contributed by atoms with E-state index in [2.05, 4.69) is 58.1 Å². The molecule has 0 aromatic carbocycles. The first-order valence-corrected chi connectivity index (χ1v) is 6.25. The van der Waals surface area contributed by atoms with Crippen LogP contribution in [0.3, 0.4) is 0 Å². The molecule has 0 spiro atoms. The Labute approximate surface area is 94.8 Å². The topological polar surface area (TPSA) is 0 Å². The summed E-state index contributed by atoms with van der Waals surface area (Å²) < 4.78 is 0. The van der Waals surface area contributed by atoms with Gasteiger partial charge in [0.25, 0.3) is 0 Å². The van der Waals surface area contributed by atoms with Gasteiger partial charge in [-0.25, -0.2) is 0 Å². The van der Waals surface area contributed by atoms with Gasteiger partial charge in [-0.3, -0.25) is 0 Å². The molecule has 0 fully saturated rings. The zero-order valence-electron chi connectivity index (χ0n) is 10.5. The van der Waals surface area contributed by atoms with E-state index in [0.29, 0.717) is 11.8 Å². The molecular weight excluding hydrogens is 180 g/mol. The van der Waals surface area contributed by atoms with Crippen LogP contribution in [0.1, 0.15) is 40.5 Å². The Hall–Kier alpha value is -0.780. The van der Waals surface area contributed by atoms with Gasteiger partial charge in [0, 0.05) is 0 Å². The van der Waals surface area contributed by atoms with Gasteiger partial charge in [0.15, 0.2) is 0 Å². The van der Waals surface area contributed by atoms with Crippen LogP contribution in [0, 0.1) is 17.8 Å². The maximum Gasteiger partial charge on any atom is -0.00498 e. The van der Waals surface area contributed by atoms with Crippen LogP contribution in [0.5, 0.6) is 0 Å². The molecule has 15 heavy (non-hydrogen) atoms. The average Bonchev–Trinajstić information content (AvgIpc) is 2.51. The SMILES string of the molecule is CCC1C=CC=C(C(C)C(C)CC)C=C1. The zero-order valence-corrected chi connectivity index (χ0v) is 10.5. The third-order valence-corrected chi connectivity index (χ3v) is 3.68. The second-order valence-electron chi connectivity index (χ2n) is 4.66. The Kier molecular flexibility index (Phi) is 4.87. The van der Waals surface area contributed by atoms with Gasteiger partial charge >= 0.3 is 0 Å². The highest BCUT2D eigenvalue weighted by atomic mass is 14.2. The molecule has 3 atom stereocenters. The van der Waals surface area contributed by atoms with Crippen LogP contribution >= 0.6 is 0 Å². The van der Waals surface area contributed by atoms with Crippen molar-refractivity contribution in [2.45, 2.75) is 40.5 Å². The molecule has 0 aromatic rings. The van der Waals surface area contributed by atoms with E-state index in [0.717, 1.165) is 5.92 Å². The van der Waals surface area contributed by atoms with Crippen LogP contribution < -0.4 is 0 Å². The Morgan fingerprint density at radius 1 is 1.20 bits per heavy atom. The molecule has 0 nitrogen and oxygen atoms in total. The van der Waals surface area contributed by atoms with Gasteiger partial charge in [0.2, 0.25) is 0 Å². The standard InChI is InChI=1S/C15H24/c1-5-12(3)13(4)15-9-7-8-14(6-2)10-11-15/h7-14H,5-6H2,1-4H3. The lowest BCUT2D eigenvalue weighted by Gasteiger charge is -2.19. The van der Waals surface area contributed by atoms with Crippen molar-refractivity contribution in [2.24, 2.45) is 17.8 Å². The van der Waals surface area contributed by atoms with Crippen molar-refractivity contribution < 1.29 is 0 Å². The van der Waals surface area contributed by atoms with Crippen LogP contribution in [-0.4, -0.2) is 0 Å². The first-order valence-electron chi connectivity index (χ1n) is 6.25. The molecule has 0 heteroatoms. The van der Waals surface area contributed by atoms with Crippen LogP contribution in [0.2, 0.25) is 0 Å². The van der Waals surface area contributed by atoms with Gasteiger partial charge in [-0.05, 0) is 29.7 Å². The lowest BCUT2D eigenvalue weighted by Crippen LogP contribution is -2.08.